The van der Waals surface area contributed by atoms with Crippen LogP contribution in [0.4, 0.5) is 10.1 Å². The van der Waals surface area contributed by atoms with E-state index in [-0.39, 0.29) is 17.7 Å². The van der Waals surface area contributed by atoms with Crippen molar-refractivity contribution in [1.82, 2.24) is 14.8 Å². The first-order valence-electron chi connectivity index (χ1n) is 9.42. The van der Waals surface area contributed by atoms with Crippen molar-refractivity contribution in [3.63, 3.8) is 0 Å². The van der Waals surface area contributed by atoms with Gasteiger partial charge in [0.15, 0.2) is 0 Å². The number of hydrogen-bond acceptors (Lipinski definition) is 5. The molecule has 1 aromatic heterocycles. The predicted molar refractivity (Wildman–Crippen MR) is 105 cm³/mol. The number of anilines is 1. The van der Waals surface area contributed by atoms with Crippen LogP contribution in [0.15, 0.2) is 36.4 Å². The molecule has 7 nitrogen and oxygen atoms in total. The molecule has 1 aliphatic heterocycles. The minimum atomic E-state index is -0.471. The molecule has 0 unspecified atom stereocenters. The van der Waals surface area contributed by atoms with Crippen molar-refractivity contribution in [1.29, 1.82) is 0 Å². The van der Waals surface area contributed by atoms with E-state index in [9.17, 15) is 9.18 Å². The first-order chi connectivity index (χ1) is 13.9. The topological polar surface area (TPSA) is 78.3 Å². The van der Waals surface area contributed by atoms with Crippen LogP contribution in [0.5, 0.6) is 11.5 Å². The minimum Gasteiger partial charge on any atom is -0.492 e. The molecule has 0 saturated heterocycles. The molecule has 3 aromatic rings. The van der Waals surface area contributed by atoms with Crippen molar-refractivity contribution in [3.05, 3.63) is 59.4 Å². The molecule has 1 atom stereocenters. The molecule has 0 spiro atoms. The summed E-state index contributed by atoms with van der Waals surface area (Å²) in [6, 6.07) is 9.47. The van der Waals surface area contributed by atoms with E-state index < -0.39 is 5.91 Å². The Morgan fingerprint density at radius 2 is 2.10 bits per heavy atom. The molecule has 8 heteroatoms. The van der Waals surface area contributed by atoms with Crippen molar-refractivity contribution in [2.75, 3.05) is 11.9 Å². The van der Waals surface area contributed by atoms with Gasteiger partial charge in [-0.1, -0.05) is 0 Å². The number of benzene rings is 2. The summed E-state index contributed by atoms with van der Waals surface area (Å²) in [6.45, 7) is 6.07. The lowest BCUT2D eigenvalue weighted by atomic mass is 10.1. The Morgan fingerprint density at radius 1 is 1.34 bits per heavy atom. The molecule has 0 fully saturated rings. The van der Waals surface area contributed by atoms with Gasteiger partial charge in [0.05, 0.1) is 18.0 Å². The second kappa shape index (κ2) is 7.54. The van der Waals surface area contributed by atoms with Gasteiger partial charge in [0.2, 0.25) is 5.82 Å². The van der Waals surface area contributed by atoms with E-state index in [1.54, 1.807) is 25.1 Å². The molecule has 2 aromatic carbocycles. The number of amides is 1. The number of halogens is 1. The van der Waals surface area contributed by atoms with Crippen LogP contribution in [-0.2, 0) is 6.42 Å². The maximum Gasteiger partial charge on any atom is 0.295 e. The van der Waals surface area contributed by atoms with E-state index in [1.165, 1.54) is 16.8 Å². The summed E-state index contributed by atoms with van der Waals surface area (Å²) in [7, 11) is 0. The third kappa shape index (κ3) is 3.78. The highest BCUT2D eigenvalue weighted by atomic mass is 19.1. The second-order valence-electron chi connectivity index (χ2n) is 6.85. The van der Waals surface area contributed by atoms with E-state index in [0.717, 1.165) is 17.7 Å². The van der Waals surface area contributed by atoms with Gasteiger partial charge >= 0.3 is 0 Å². The van der Waals surface area contributed by atoms with Crippen LogP contribution >= 0.6 is 0 Å². The number of carbonyl (C=O) groups excluding carboxylic acids is 1. The third-order valence-electron chi connectivity index (χ3n) is 4.59. The van der Waals surface area contributed by atoms with E-state index in [4.69, 9.17) is 9.47 Å². The molecule has 150 valence electrons. The lowest BCUT2D eigenvalue weighted by Crippen LogP contribution is -2.15. The van der Waals surface area contributed by atoms with Crippen molar-refractivity contribution in [3.8, 4) is 17.2 Å². The van der Waals surface area contributed by atoms with Crippen LogP contribution in [0.1, 0.15) is 35.9 Å². The number of aryl methyl sites for hydroxylation is 1. The number of hydrogen-bond donors (Lipinski definition) is 1. The van der Waals surface area contributed by atoms with Gasteiger partial charge in [-0.3, -0.25) is 4.79 Å². The zero-order valence-corrected chi connectivity index (χ0v) is 16.4. The number of carbonyl (C=O) groups is 1. The number of rotatable bonds is 5. The lowest BCUT2D eigenvalue weighted by Gasteiger charge is -2.12. The fourth-order valence-corrected chi connectivity index (χ4v) is 3.30. The monoisotopic (exact) mass is 396 g/mol. The molecule has 0 aliphatic carbocycles. The smallest absolute Gasteiger partial charge is 0.295 e. The number of ether oxygens (including phenoxy) is 2. The molecule has 1 aliphatic rings. The van der Waals surface area contributed by atoms with Crippen molar-refractivity contribution < 1.29 is 18.7 Å². The molecular weight excluding hydrogens is 375 g/mol. The first-order valence-corrected chi connectivity index (χ1v) is 9.42. The molecule has 0 saturated carbocycles. The summed E-state index contributed by atoms with van der Waals surface area (Å²) < 4.78 is 26.1. The molecule has 29 heavy (non-hydrogen) atoms. The number of nitrogens with zero attached hydrogens (tertiary/aromatic N) is 3. The summed E-state index contributed by atoms with van der Waals surface area (Å²) in [6.07, 6.45) is 0.882. The Bertz CT molecular complexity index is 1060. The summed E-state index contributed by atoms with van der Waals surface area (Å²) >= 11 is 0. The normalized spacial score (nSPS) is 15.0. The van der Waals surface area contributed by atoms with Gasteiger partial charge in [0, 0.05) is 18.1 Å². The van der Waals surface area contributed by atoms with Gasteiger partial charge in [-0.2, -0.15) is 0 Å². The van der Waals surface area contributed by atoms with Crippen molar-refractivity contribution >= 4 is 11.6 Å². The molecule has 0 bridgehead atoms. The predicted octanol–water partition coefficient (Wildman–Crippen LogP) is 3.69. The highest BCUT2D eigenvalue weighted by Gasteiger charge is 2.24. The zero-order valence-electron chi connectivity index (χ0n) is 16.4. The number of aromatic nitrogens is 3. The van der Waals surface area contributed by atoms with Crippen LogP contribution in [-0.4, -0.2) is 33.4 Å². The zero-order chi connectivity index (χ0) is 20.5. The van der Waals surface area contributed by atoms with E-state index in [0.29, 0.717) is 29.6 Å². The van der Waals surface area contributed by atoms with Crippen LogP contribution in [0, 0.1) is 12.7 Å². The Hall–Kier alpha value is -3.42. The van der Waals surface area contributed by atoms with Crippen molar-refractivity contribution in [2.24, 2.45) is 0 Å². The maximum absolute atomic E-state index is 13.2. The first kappa shape index (κ1) is 18.9. The Labute approximate surface area is 167 Å². The molecule has 1 N–H and O–H groups in total. The summed E-state index contributed by atoms with van der Waals surface area (Å²) in [5.74, 6) is 1.01. The lowest BCUT2D eigenvalue weighted by molar-refractivity contribution is 0.101. The second-order valence-corrected chi connectivity index (χ2v) is 6.85. The van der Waals surface area contributed by atoms with Crippen molar-refractivity contribution in [2.45, 2.75) is 33.3 Å². The average molecular weight is 396 g/mol. The largest absolute Gasteiger partial charge is 0.492 e. The van der Waals surface area contributed by atoms with Crippen LogP contribution in [0.25, 0.3) is 5.69 Å². The summed E-state index contributed by atoms with van der Waals surface area (Å²) in [5.41, 5.74) is 2.17. The SMILES string of the molecule is CCOc1cc2c(cc1NC(=O)c1nc(C)n(-c3ccc(F)cc3)n1)O[C@@H](C)C2. The van der Waals surface area contributed by atoms with Crippen LogP contribution < -0.4 is 14.8 Å². The summed E-state index contributed by atoms with van der Waals surface area (Å²) in [5, 5.41) is 7.08. The number of fused-ring (bicyclic) bond motifs is 1. The number of nitrogens with one attached hydrogen (secondary N) is 1. The van der Waals surface area contributed by atoms with Gasteiger partial charge in [0.1, 0.15) is 29.2 Å². The molecule has 1 amide bonds. The van der Waals surface area contributed by atoms with Crippen LogP contribution in [0.2, 0.25) is 0 Å². The quantitative estimate of drug-likeness (QED) is 0.712. The summed E-state index contributed by atoms with van der Waals surface area (Å²) in [4.78, 5) is 17.0. The molecular formula is C21H21FN4O3. The van der Waals surface area contributed by atoms with E-state index in [1.807, 2.05) is 19.9 Å². The van der Waals surface area contributed by atoms with E-state index in [2.05, 4.69) is 15.4 Å². The third-order valence-corrected chi connectivity index (χ3v) is 4.59. The Kier molecular flexibility index (Phi) is 4.92. The Morgan fingerprint density at radius 3 is 2.83 bits per heavy atom. The highest BCUT2D eigenvalue weighted by molar-refractivity contribution is 6.02. The van der Waals surface area contributed by atoms with Gasteiger partial charge < -0.3 is 14.8 Å². The van der Waals surface area contributed by atoms with Gasteiger partial charge in [-0.05, 0) is 51.1 Å². The molecule has 4 rings (SSSR count). The maximum atomic E-state index is 13.2. The van der Waals surface area contributed by atoms with E-state index >= 15 is 0 Å². The van der Waals surface area contributed by atoms with Crippen LogP contribution in [0.3, 0.4) is 0 Å². The van der Waals surface area contributed by atoms with Gasteiger partial charge in [-0.15, -0.1) is 5.10 Å². The fraction of sp³-hybridized carbons (Fsp3) is 0.286. The highest BCUT2D eigenvalue weighted by Crippen LogP contribution is 2.38. The standard InChI is InChI=1S/C21H21FN4O3/c1-4-28-19-10-14-9-12(2)29-18(14)11-17(19)24-21(27)20-23-13(3)26(25-20)16-7-5-15(22)6-8-16/h5-8,10-12H,4,9H2,1-3H3,(H,24,27)/t12-/m0/s1. The average Bonchev–Trinajstić information content (AvgIpc) is 3.24. The minimum absolute atomic E-state index is 0.00376. The molecule has 0 radical (unpaired) electrons. The van der Waals surface area contributed by atoms with Gasteiger partial charge in [-0.25, -0.2) is 14.1 Å². The van der Waals surface area contributed by atoms with Gasteiger partial charge in [0.25, 0.3) is 5.91 Å². The Balaban J connectivity index is 1.61. The fourth-order valence-electron chi connectivity index (χ4n) is 3.30. The molecule has 2 heterocycles.